The largest absolute Gasteiger partial charge is 0.399 e. The number of hydrogen-bond acceptors (Lipinski definition) is 4. The Labute approximate surface area is 158 Å². The van der Waals surface area contributed by atoms with Crippen LogP contribution in [0.3, 0.4) is 0 Å². The quantitative estimate of drug-likeness (QED) is 0.538. The molecule has 1 fully saturated rings. The molecule has 1 aromatic heterocycles. The molecule has 0 saturated heterocycles. The summed E-state index contributed by atoms with van der Waals surface area (Å²) in [5.74, 6) is 0.687. The fourth-order valence-electron chi connectivity index (χ4n) is 3.20. The number of allylic oxidation sites excluding steroid dienone is 1. The number of rotatable bonds is 5. The number of aromatic nitrogens is 1. The minimum Gasteiger partial charge on any atom is -0.399 e. The van der Waals surface area contributed by atoms with Crippen molar-refractivity contribution in [1.29, 1.82) is 5.26 Å². The summed E-state index contributed by atoms with van der Waals surface area (Å²) >= 11 is 0. The van der Waals surface area contributed by atoms with Crippen LogP contribution < -0.4 is 5.73 Å². The number of fused-ring (bicyclic) bond motifs is 1. The standard InChI is InChI=1S/C21H19N3O2S/c22-12-19(27(25,26)18-9-7-17(23)8-10-18)11-16-14-24(13-15-5-6-15)21-4-2-1-3-20(16)21/h1-4,7-11,14-15H,5-6,13,23H2/b19-11+. The lowest BCUT2D eigenvalue weighted by Crippen LogP contribution is -2.03. The average molecular weight is 377 g/mol. The van der Waals surface area contributed by atoms with E-state index in [0.29, 0.717) is 11.6 Å². The Kier molecular flexibility index (Phi) is 4.25. The van der Waals surface area contributed by atoms with E-state index >= 15 is 0 Å². The summed E-state index contributed by atoms with van der Waals surface area (Å²) in [6, 6.07) is 15.6. The third-order valence-corrected chi connectivity index (χ3v) is 6.53. The van der Waals surface area contributed by atoms with Crippen LogP contribution >= 0.6 is 0 Å². The van der Waals surface area contributed by atoms with E-state index in [0.717, 1.165) is 23.0 Å². The Hall–Kier alpha value is -3.04. The lowest BCUT2D eigenvalue weighted by molar-refractivity contribution is 0.603. The maximum Gasteiger partial charge on any atom is 0.216 e. The Morgan fingerprint density at radius 3 is 2.56 bits per heavy atom. The Morgan fingerprint density at radius 1 is 1.19 bits per heavy atom. The Morgan fingerprint density at radius 2 is 1.89 bits per heavy atom. The van der Waals surface area contributed by atoms with Crippen LogP contribution in [0.5, 0.6) is 0 Å². The van der Waals surface area contributed by atoms with Gasteiger partial charge in [-0.05, 0) is 55.2 Å². The van der Waals surface area contributed by atoms with Crippen molar-refractivity contribution >= 4 is 32.5 Å². The first kappa shape index (κ1) is 17.4. The van der Waals surface area contributed by atoms with Crippen LogP contribution in [0.2, 0.25) is 0 Å². The minimum absolute atomic E-state index is 0.0613. The maximum absolute atomic E-state index is 12.9. The molecule has 1 saturated carbocycles. The second-order valence-corrected chi connectivity index (χ2v) is 8.81. The fourth-order valence-corrected chi connectivity index (χ4v) is 4.36. The van der Waals surface area contributed by atoms with Gasteiger partial charge in [0.1, 0.15) is 11.0 Å². The van der Waals surface area contributed by atoms with E-state index in [1.54, 1.807) is 0 Å². The van der Waals surface area contributed by atoms with Crippen molar-refractivity contribution in [2.24, 2.45) is 5.92 Å². The molecule has 0 aliphatic heterocycles. The molecule has 3 aromatic rings. The number of anilines is 1. The van der Waals surface area contributed by atoms with Gasteiger partial charge < -0.3 is 10.3 Å². The van der Waals surface area contributed by atoms with Gasteiger partial charge >= 0.3 is 0 Å². The first-order valence-electron chi connectivity index (χ1n) is 8.79. The van der Waals surface area contributed by atoms with Gasteiger partial charge in [-0.15, -0.1) is 0 Å². The van der Waals surface area contributed by atoms with E-state index in [4.69, 9.17) is 5.73 Å². The van der Waals surface area contributed by atoms with E-state index in [2.05, 4.69) is 4.57 Å². The van der Waals surface area contributed by atoms with Crippen LogP contribution in [0.1, 0.15) is 18.4 Å². The van der Waals surface area contributed by atoms with Gasteiger partial charge in [0.2, 0.25) is 9.84 Å². The molecule has 4 rings (SSSR count). The third kappa shape index (κ3) is 3.34. The van der Waals surface area contributed by atoms with Gasteiger partial charge in [0.25, 0.3) is 0 Å². The molecular formula is C21H19N3O2S. The number of hydrogen-bond donors (Lipinski definition) is 1. The van der Waals surface area contributed by atoms with E-state index < -0.39 is 9.84 Å². The van der Waals surface area contributed by atoms with Crippen LogP contribution in [0.4, 0.5) is 5.69 Å². The molecule has 0 bridgehead atoms. The van der Waals surface area contributed by atoms with Gasteiger partial charge in [-0.25, -0.2) is 8.42 Å². The SMILES string of the molecule is N#C/C(=C\c1cn(CC2CC2)c2ccccc12)S(=O)(=O)c1ccc(N)cc1. The summed E-state index contributed by atoms with van der Waals surface area (Å²) in [7, 11) is -3.90. The van der Waals surface area contributed by atoms with Crippen molar-refractivity contribution in [2.45, 2.75) is 24.3 Å². The van der Waals surface area contributed by atoms with Crippen molar-refractivity contribution < 1.29 is 8.42 Å². The molecule has 0 radical (unpaired) electrons. The molecule has 5 nitrogen and oxygen atoms in total. The van der Waals surface area contributed by atoms with Crippen LogP contribution in [-0.2, 0) is 16.4 Å². The molecule has 27 heavy (non-hydrogen) atoms. The summed E-state index contributed by atoms with van der Waals surface area (Å²) in [6.45, 7) is 0.918. The first-order chi connectivity index (χ1) is 13.0. The summed E-state index contributed by atoms with van der Waals surface area (Å²) in [5.41, 5.74) is 7.90. The molecule has 0 unspecified atom stereocenters. The summed E-state index contributed by atoms with van der Waals surface area (Å²) < 4.78 is 27.9. The summed E-state index contributed by atoms with van der Waals surface area (Å²) in [4.78, 5) is -0.215. The highest BCUT2D eigenvalue weighted by Gasteiger charge is 2.24. The minimum atomic E-state index is -3.90. The summed E-state index contributed by atoms with van der Waals surface area (Å²) in [6.07, 6.45) is 5.87. The number of para-hydroxylation sites is 1. The van der Waals surface area contributed by atoms with Gasteiger partial charge in [-0.3, -0.25) is 0 Å². The van der Waals surface area contributed by atoms with Crippen molar-refractivity contribution in [1.82, 2.24) is 4.57 Å². The lowest BCUT2D eigenvalue weighted by atomic mass is 10.1. The van der Waals surface area contributed by atoms with E-state index in [-0.39, 0.29) is 9.80 Å². The normalized spacial score (nSPS) is 15.0. The number of sulfone groups is 1. The molecule has 0 spiro atoms. The van der Waals surface area contributed by atoms with Crippen molar-refractivity contribution in [3.63, 3.8) is 0 Å². The van der Waals surface area contributed by atoms with Gasteiger partial charge in [0.15, 0.2) is 0 Å². The average Bonchev–Trinajstić information content (AvgIpc) is 3.42. The number of nitriles is 1. The molecule has 2 aromatic carbocycles. The summed E-state index contributed by atoms with van der Waals surface area (Å²) in [5, 5.41) is 10.5. The number of nitrogens with two attached hydrogens (primary N) is 1. The lowest BCUT2D eigenvalue weighted by Gasteiger charge is -2.03. The van der Waals surface area contributed by atoms with Gasteiger partial charge in [0.05, 0.1) is 4.90 Å². The molecule has 0 atom stereocenters. The zero-order chi connectivity index (χ0) is 19.0. The number of nitrogens with zero attached hydrogens (tertiary/aromatic N) is 2. The maximum atomic E-state index is 12.9. The molecular weight excluding hydrogens is 358 g/mol. The molecule has 6 heteroatoms. The van der Waals surface area contributed by atoms with Crippen molar-refractivity contribution in [3.05, 3.63) is 65.2 Å². The molecule has 0 amide bonds. The first-order valence-corrected chi connectivity index (χ1v) is 10.3. The van der Waals surface area contributed by atoms with E-state index in [1.807, 2.05) is 36.5 Å². The smallest absolute Gasteiger partial charge is 0.216 e. The van der Waals surface area contributed by atoms with E-state index in [1.165, 1.54) is 43.2 Å². The van der Waals surface area contributed by atoms with Crippen molar-refractivity contribution in [2.75, 3.05) is 5.73 Å². The molecule has 1 aliphatic rings. The topological polar surface area (TPSA) is 88.9 Å². The van der Waals surface area contributed by atoms with Gasteiger partial charge in [-0.1, -0.05) is 18.2 Å². The van der Waals surface area contributed by atoms with Gasteiger partial charge in [-0.2, -0.15) is 5.26 Å². The van der Waals surface area contributed by atoms with Crippen molar-refractivity contribution in [3.8, 4) is 6.07 Å². The predicted molar refractivity (Wildman–Crippen MR) is 106 cm³/mol. The zero-order valence-electron chi connectivity index (χ0n) is 14.7. The zero-order valence-corrected chi connectivity index (χ0v) is 15.5. The van der Waals surface area contributed by atoms with Crippen LogP contribution in [0.15, 0.2) is 64.5 Å². The predicted octanol–water partition coefficient (Wildman–Crippen LogP) is 3.97. The second kappa shape index (κ2) is 6.60. The van der Waals surface area contributed by atoms with Crippen LogP contribution in [-0.4, -0.2) is 13.0 Å². The highest BCUT2D eigenvalue weighted by Crippen LogP contribution is 2.34. The Bertz CT molecular complexity index is 1180. The fraction of sp³-hybridized carbons (Fsp3) is 0.190. The molecule has 1 aliphatic carbocycles. The number of benzene rings is 2. The monoisotopic (exact) mass is 377 g/mol. The van der Waals surface area contributed by atoms with Gasteiger partial charge in [0, 0.05) is 34.9 Å². The second-order valence-electron chi connectivity index (χ2n) is 6.89. The molecule has 1 heterocycles. The molecule has 2 N–H and O–H groups in total. The van der Waals surface area contributed by atoms with E-state index in [9.17, 15) is 13.7 Å². The highest BCUT2D eigenvalue weighted by atomic mass is 32.2. The Balaban J connectivity index is 1.81. The molecule has 136 valence electrons. The number of nitrogen functional groups attached to an aromatic ring is 1. The van der Waals surface area contributed by atoms with Crippen LogP contribution in [0, 0.1) is 17.2 Å². The van der Waals surface area contributed by atoms with Crippen LogP contribution in [0.25, 0.3) is 17.0 Å². The highest BCUT2D eigenvalue weighted by molar-refractivity contribution is 7.95. The third-order valence-electron chi connectivity index (χ3n) is 4.85.